The Hall–Kier alpha value is -2.21. The van der Waals surface area contributed by atoms with Gasteiger partial charge in [-0.2, -0.15) is 0 Å². The summed E-state index contributed by atoms with van der Waals surface area (Å²) < 4.78 is 9.55. The molecule has 0 saturated carbocycles. The van der Waals surface area contributed by atoms with Gasteiger partial charge in [-0.25, -0.2) is 14.6 Å². The summed E-state index contributed by atoms with van der Waals surface area (Å²) in [5, 5.41) is 2.87. The Balaban J connectivity index is 1.98. The van der Waals surface area contributed by atoms with Crippen molar-refractivity contribution in [2.45, 2.75) is 13.8 Å². The highest BCUT2D eigenvalue weighted by Crippen LogP contribution is 2.23. The molecule has 0 aliphatic carbocycles. The SMILES string of the molecule is CCOC(=O)COC(=O)c1ccc(-c2nc(C)cs2)cc1. The second-order valence-corrected chi connectivity index (χ2v) is 5.11. The van der Waals surface area contributed by atoms with Crippen LogP contribution in [-0.4, -0.2) is 30.1 Å². The zero-order valence-electron chi connectivity index (χ0n) is 11.8. The molecule has 2 aromatic rings. The van der Waals surface area contributed by atoms with Gasteiger partial charge in [0.25, 0.3) is 0 Å². The summed E-state index contributed by atoms with van der Waals surface area (Å²) in [6.45, 7) is 3.51. The number of carbonyl (C=O) groups is 2. The summed E-state index contributed by atoms with van der Waals surface area (Å²) >= 11 is 1.55. The average Bonchev–Trinajstić information content (AvgIpc) is 2.92. The van der Waals surface area contributed by atoms with Crippen LogP contribution in [-0.2, 0) is 14.3 Å². The molecule has 0 unspecified atom stereocenters. The van der Waals surface area contributed by atoms with E-state index in [1.165, 1.54) is 0 Å². The number of benzene rings is 1. The number of aromatic nitrogens is 1. The van der Waals surface area contributed by atoms with Crippen molar-refractivity contribution in [1.29, 1.82) is 0 Å². The summed E-state index contributed by atoms with van der Waals surface area (Å²) in [6, 6.07) is 6.91. The third-order valence-electron chi connectivity index (χ3n) is 2.61. The fourth-order valence-corrected chi connectivity index (χ4v) is 2.45. The van der Waals surface area contributed by atoms with Gasteiger partial charge in [-0.1, -0.05) is 12.1 Å². The van der Waals surface area contributed by atoms with Crippen molar-refractivity contribution < 1.29 is 19.1 Å². The van der Waals surface area contributed by atoms with Crippen LogP contribution < -0.4 is 0 Å². The zero-order chi connectivity index (χ0) is 15.2. The first-order chi connectivity index (χ1) is 10.1. The fraction of sp³-hybridized carbons (Fsp3) is 0.267. The summed E-state index contributed by atoms with van der Waals surface area (Å²) in [5.74, 6) is -1.11. The van der Waals surface area contributed by atoms with Crippen molar-refractivity contribution in [2.75, 3.05) is 13.2 Å². The largest absolute Gasteiger partial charge is 0.463 e. The molecule has 0 N–H and O–H groups in total. The number of ether oxygens (including phenoxy) is 2. The van der Waals surface area contributed by atoms with Crippen molar-refractivity contribution in [3.8, 4) is 10.6 Å². The lowest BCUT2D eigenvalue weighted by Crippen LogP contribution is -2.16. The minimum absolute atomic E-state index is 0.262. The minimum atomic E-state index is -0.555. The molecule has 0 spiro atoms. The highest BCUT2D eigenvalue weighted by Gasteiger charge is 2.11. The molecule has 110 valence electrons. The number of nitrogens with zero attached hydrogens (tertiary/aromatic N) is 1. The number of hydrogen-bond donors (Lipinski definition) is 0. The molecule has 1 aromatic heterocycles. The smallest absolute Gasteiger partial charge is 0.344 e. The maximum Gasteiger partial charge on any atom is 0.344 e. The standard InChI is InChI=1S/C15H15NO4S/c1-3-19-13(17)8-20-15(18)12-6-4-11(5-7-12)14-16-10(2)9-21-14/h4-7,9H,3,8H2,1-2H3. The maximum absolute atomic E-state index is 11.8. The molecule has 1 aromatic carbocycles. The molecule has 0 aliphatic heterocycles. The van der Waals surface area contributed by atoms with E-state index in [0.29, 0.717) is 5.56 Å². The van der Waals surface area contributed by atoms with E-state index in [4.69, 9.17) is 4.74 Å². The van der Waals surface area contributed by atoms with Gasteiger partial charge < -0.3 is 9.47 Å². The summed E-state index contributed by atoms with van der Waals surface area (Å²) in [7, 11) is 0. The van der Waals surface area contributed by atoms with Crippen LogP contribution in [0.15, 0.2) is 29.6 Å². The van der Waals surface area contributed by atoms with Gasteiger partial charge in [0, 0.05) is 16.6 Å². The van der Waals surface area contributed by atoms with E-state index in [9.17, 15) is 9.59 Å². The Morgan fingerprint density at radius 1 is 1.19 bits per heavy atom. The molecular weight excluding hydrogens is 290 g/mol. The van der Waals surface area contributed by atoms with Crippen LogP contribution in [0.5, 0.6) is 0 Å². The molecule has 0 radical (unpaired) electrons. The van der Waals surface area contributed by atoms with Gasteiger partial charge >= 0.3 is 11.9 Å². The highest BCUT2D eigenvalue weighted by atomic mass is 32.1. The topological polar surface area (TPSA) is 65.5 Å². The van der Waals surface area contributed by atoms with Crippen LogP contribution in [0.1, 0.15) is 23.0 Å². The molecule has 1 heterocycles. The molecule has 0 aliphatic rings. The number of carbonyl (C=O) groups excluding carboxylic acids is 2. The van der Waals surface area contributed by atoms with Crippen molar-refractivity contribution in [1.82, 2.24) is 4.98 Å². The van der Waals surface area contributed by atoms with Crippen LogP contribution >= 0.6 is 11.3 Å². The number of rotatable bonds is 5. The second kappa shape index (κ2) is 6.99. The predicted molar refractivity (Wildman–Crippen MR) is 79.2 cm³/mol. The lowest BCUT2D eigenvalue weighted by atomic mass is 10.1. The third-order valence-corrected chi connectivity index (χ3v) is 3.62. The molecule has 2 rings (SSSR count). The monoisotopic (exact) mass is 305 g/mol. The normalized spacial score (nSPS) is 10.2. The number of aryl methyl sites for hydroxylation is 1. The first-order valence-corrected chi connectivity index (χ1v) is 7.33. The minimum Gasteiger partial charge on any atom is -0.463 e. The van der Waals surface area contributed by atoms with E-state index >= 15 is 0 Å². The first-order valence-electron chi connectivity index (χ1n) is 6.45. The number of hydrogen-bond acceptors (Lipinski definition) is 6. The van der Waals surface area contributed by atoms with Gasteiger partial charge in [0.05, 0.1) is 12.2 Å². The highest BCUT2D eigenvalue weighted by molar-refractivity contribution is 7.13. The van der Waals surface area contributed by atoms with E-state index in [1.807, 2.05) is 12.3 Å². The number of esters is 2. The van der Waals surface area contributed by atoms with Crippen molar-refractivity contribution in [3.05, 3.63) is 40.9 Å². The Morgan fingerprint density at radius 3 is 2.48 bits per heavy atom. The molecule has 0 fully saturated rings. The van der Waals surface area contributed by atoms with Crippen molar-refractivity contribution in [2.24, 2.45) is 0 Å². The fourth-order valence-electron chi connectivity index (χ4n) is 1.65. The lowest BCUT2D eigenvalue weighted by molar-refractivity contribution is -0.146. The van der Waals surface area contributed by atoms with Crippen LogP contribution in [0, 0.1) is 6.92 Å². The Labute approximate surface area is 126 Å². The summed E-state index contributed by atoms with van der Waals surface area (Å²) in [6.07, 6.45) is 0. The molecule has 0 bridgehead atoms. The predicted octanol–water partition coefficient (Wildman–Crippen LogP) is 2.84. The van der Waals surface area contributed by atoms with E-state index in [-0.39, 0.29) is 13.2 Å². The quantitative estimate of drug-likeness (QED) is 0.795. The van der Waals surface area contributed by atoms with Gasteiger partial charge in [-0.3, -0.25) is 0 Å². The lowest BCUT2D eigenvalue weighted by Gasteiger charge is -2.05. The average molecular weight is 305 g/mol. The summed E-state index contributed by atoms with van der Waals surface area (Å²) in [4.78, 5) is 27.3. The molecule has 0 saturated heterocycles. The van der Waals surface area contributed by atoms with Crippen LogP contribution in [0.4, 0.5) is 0 Å². The third kappa shape index (κ3) is 4.13. The van der Waals surface area contributed by atoms with Gasteiger partial charge in [0.2, 0.25) is 0 Å². The van der Waals surface area contributed by atoms with Crippen LogP contribution in [0.3, 0.4) is 0 Å². The number of thiazole rings is 1. The van der Waals surface area contributed by atoms with Gasteiger partial charge in [0.1, 0.15) is 5.01 Å². The molecule has 5 nitrogen and oxygen atoms in total. The van der Waals surface area contributed by atoms with Gasteiger partial charge in [0.15, 0.2) is 6.61 Å². The second-order valence-electron chi connectivity index (χ2n) is 4.25. The Bertz CT molecular complexity index is 633. The molecule has 6 heteroatoms. The van der Waals surface area contributed by atoms with Crippen LogP contribution in [0.2, 0.25) is 0 Å². The molecular formula is C15H15NO4S. The van der Waals surface area contributed by atoms with Crippen molar-refractivity contribution >= 4 is 23.3 Å². The molecule has 0 amide bonds. The van der Waals surface area contributed by atoms with E-state index in [0.717, 1.165) is 16.3 Å². The summed E-state index contributed by atoms with van der Waals surface area (Å²) in [5.41, 5.74) is 2.29. The van der Waals surface area contributed by atoms with Gasteiger partial charge in [-0.15, -0.1) is 11.3 Å². The molecule has 21 heavy (non-hydrogen) atoms. The van der Waals surface area contributed by atoms with E-state index in [2.05, 4.69) is 9.72 Å². The maximum atomic E-state index is 11.8. The van der Waals surface area contributed by atoms with Gasteiger partial charge in [-0.05, 0) is 26.0 Å². The first kappa shape index (κ1) is 15.2. The van der Waals surface area contributed by atoms with E-state index in [1.54, 1.807) is 42.5 Å². The van der Waals surface area contributed by atoms with E-state index < -0.39 is 11.9 Å². The Kier molecular flexibility index (Phi) is 5.05. The molecule has 0 atom stereocenters. The zero-order valence-corrected chi connectivity index (χ0v) is 12.6. The Morgan fingerprint density at radius 2 is 1.90 bits per heavy atom. The van der Waals surface area contributed by atoms with Crippen LogP contribution in [0.25, 0.3) is 10.6 Å². The van der Waals surface area contributed by atoms with Crippen molar-refractivity contribution in [3.63, 3.8) is 0 Å².